The minimum Gasteiger partial charge on any atom is -0.325 e. The third kappa shape index (κ3) is 2.09. The second kappa shape index (κ2) is 3.07. The first-order valence-corrected chi connectivity index (χ1v) is 5.11. The Morgan fingerprint density at radius 1 is 1.46 bits per heavy atom. The van der Waals surface area contributed by atoms with Gasteiger partial charge in [0, 0.05) is 10.0 Å². The highest BCUT2D eigenvalue weighted by atomic mass is 79.9. The molecule has 1 saturated carbocycles. The van der Waals surface area contributed by atoms with E-state index in [0.29, 0.717) is 6.42 Å². The Hall–Kier alpha value is -0.410. The smallest absolute Gasteiger partial charge is 0.127 e. The fourth-order valence-corrected chi connectivity index (χ4v) is 1.71. The zero-order valence-corrected chi connectivity index (χ0v) is 8.77. The van der Waals surface area contributed by atoms with Crippen molar-refractivity contribution in [3.8, 4) is 0 Å². The third-order valence-corrected chi connectivity index (χ3v) is 2.94. The predicted molar refractivity (Wildman–Crippen MR) is 54.0 cm³/mol. The van der Waals surface area contributed by atoms with Crippen LogP contribution < -0.4 is 5.73 Å². The zero-order chi connectivity index (χ0) is 9.47. The van der Waals surface area contributed by atoms with Gasteiger partial charge >= 0.3 is 0 Å². The van der Waals surface area contributed by atoms with Crippen molar-refractivity contribution >= 4 is 15.9 Å². The molecule has 3 heteroatoms. The average Bonchev–Trinajstić information content (AvgIpc) is 2.75. The molecule has 0 atom stereocenters. The van der Waals surface area contributed by atoms with Gasteiger partial charge in [0.2, 0.25) is 0 Å². The number of rotatable bonds is 2. The van der Waals surface area contributed by atoms with Crippen LogP contribution in [0.3, 0.4) is 0 Å². The van der Waals surface area contributed by atoms with Crippen LogP contribution >= 0.6 is 15.9 Å². The monoisotopic (exact) mass is 243 g/mol. The molecule has 0 saturated heterocycles. The summed E-state index contributed by atoms with van der Waals surface area (Å²) < 4.78 is 14.1. The highest BCUT2D eigenvalue weighted by molar-refractivity contribution is 9.10. The quantitative estimate of drug-likeness (QED) is 0.850. The fourth-order valence-electron chi connectivity index (χ4n) is 1.38. The fraction of sp³-hybridized carbons (Fsp3) is 0.400. The van der Waals surface area contributed by atoms with E-state index < -0.39 is 0 Å². The van der Waals surface area contributed by atoms with Crippen molar-refractivity contribution in [2.75, 3.05) is 0 Å². The zero-order valence-electron chi connectivity index (χ0n) is 7.19. The molecule has 1 aromatic rings. The van der Waals surface area contributed by atoms with Gasteiger partial charge in [-0.3, -0.25) is 0 Å². The Kier molecular flexibility index (Phi) is 2.16. The van der Waals surface area contributed by atoms with Crippen molar-refractivity contribution in [2.45, 2.75) is 24.8 Å². The van der Waals surface area contributed by atoms with Gasteiger partial charge in [-0.25, -0.2) is 4.39 Å². The molecule has 0 unspecified atom stereocenters. The van der Waals surface area contributed by atoms with E-state index in [-0.39, 0.29) is 11.4 Å². The Labute approximate surface area is 85.3 Å². The maximum atomic E-state index is 13.3. The first-order valence-electron chi connectivity index (χ1n) is 4.32. The molecule has 13 heavy (non-hydrogen) atoms. The Morgan fingerprint density at radius 3 is 2.69 bits per heavy atom. The molecule has 2 rings (SSSR count). The highest BCUT2D eigenvalue weighted by Gasteiger charge is 2.38. The molecule has 1 aromatic carbocycles. The van der Waals surface area contributed by atoms with Gasteiger partial charge in [-0.05, 0) is 37.0 Å². The van der Waals surface area contributed by atoms with Crippen molar-refractivity contribution in [3.63, 3.8) is 0 Å². The number of hydrogen-bond acceptors (Lipinski definition) is 1. The molecule has 0 heterocycles. The summed E-state index contributed by atoms with van der Waals surface area (Å²) in [6.07, 6.45) is 2.69. The first kappa shape index (κ1) is 9.16. The molecule has 1 nitrogen and oxygen atoms in total. The van der Waals surface area contributed by atoms with Gasteiger partial charge < -0.3 is 5.73 Å². The number of benzene rings is 1. The van der Waals surface area contributed by atoms with Gasteiger partial charge in [0.1, 0.15) is 5.82 Å². The normalized spacial score (nSPS) is 18.7. The first-order chi connectivity index (χ1) is 6.09. The molecule has 1 aliphatic carbocycles. The molecule has 70 valence electrons. The van der Waals surface area contributed by atoms with Crippen LogP contribution in [0.2, 0.25) is 0 Å². The lowest BCUT2D eigenvalue weighted by Gasteiger charge is -2.09. The lowest BCUT2D eigenvalue weighted by molar-refractivity contribution is 0.582. The van der Waals surface area contributed by atoms with Gasteiger partial charge in [-0.2, -0.15) is 0 Å². The van der Waals surface area contributed by atoms with E-state index in [1.165, 1.54) is 6.07 Å². The molecule has 0 bridgehead atoms. The van der Waals surface area contributed by atoms with E-state index in [2.05, 4.69) is 15.9 Å². The summed E-state index contributed by atoms with van der Waals surface area (Å²) in [5.74, 6) is -0.161. The molecule has 2 N–H and O–H groups in total. The Morgan fingerprint density at radius 2 is 2.15 bits per heavy atom. The highest BCUT2D eigenvalue weighted by Crippen LogP contribution is 2.36. The lowest BCUT2D eigenvalue weighted by atomic mass is 10.0. The second-order valence-corrected chi connectivity index (χ2v) is 4.69. The molecule has 0 aliphatic heterocycles. The molecule has 1 fully saturated rings. The van der Waals surface area contributed by atoms with E-state index in [4.69, 9.17) is 5.73 Å². The van der Waals surface area contributed by atoms with Crippen LogP contribution in [0.15, 0.2) is 22.7 Å². The summed E-state index contributed by atoms with van der Waals surface area (Å²) in [5.41, 5.74) is 6.52. The van der Waals surface area contributed by atoms with Gasteiger partial charge in [0.05, 0.1) is 0 Å². The van der Waals surface area contributed by atoms with Crippen molar-refractivity contribution in [3.05, 3.63) is 34.1 Å². The summed E-state index contributed by atoms with van der Waals surface area (Å²) in [4.78, 5) is 0. The van der Waals surface area contributed by atoms with Crippen molar-refractivity contribution in [2.24, 2.45) is 5.73 Å². The van der Waals surface area contributed by atoms with Gasteiger partial charge in [0.25, 0.3) is 0 Å². The minimum atomic E-state index is -0.161. The van der Waals surface area contributed by atoms with Crippen LogP contribution in [0.4, 0.5) is 4.39 Å². The molecular weight excluding hydrogens is 233 g/mol. The van der Waals surface area contributed by atoms with Gasteiger partial charge in [-0.1, -0.05) is 22.0 Å². The van der Waals surface area contributed by atoms with Gasteiger partial charge in [0.15, 0.2) is 0 Å². The Balaban J connectivity index is 2.20. The van der Waals surface area contributed by atoms with Crippen molar-refractivity contribution in [1.29, 1.82) is 0 Å². The van der Waals surface area contributed by atoms with Crippen LogP contribution in [-0.2, 0) is 6.42 Å². The molecule has 0 aromatic heterocycles. The van der Waals surface area contributed by atoms with E-state index in [1.54, 1.807) is 6.07 Å². The number of hydrogen-bond donors (Lipinski definition) is 1. The minimum absolute atomic E-state index is 0.116. The standard InChI is InChI=1S/C10H11BrFN/c11-8-2-1-7(9(12)5-8)6-10(13)3-4-10/h1-2,5H,3-4,6,13H2. The summed E-state index contributed by atoms with van der Waals surface area (Å²) in [7, 11) is 0. The molecule has 1 aliphatic rings. The molecule has 0 radical (unpaired) electrons. The van der Waals surface area contributed by atoms with E-state index >= 15 is 0 Å². The summed E-state index contributed by atoms with van der Waals surface area (Å²) in [6, 6.07) is 5.14. The average molecular weight is 244 g/mol. The van der Waals surface area contributed by atoms with Crippen LogP contribution in [0.5, 0.6) is 0 Å². The van der Waals surface area contributed by atoms with E-state index in [1.807, 2.05) is 6.07 Å². The van der Waals surface area contributed by atoms with Crippen molar-refractivity contribution in [1.82, 2.24) is 0 Å². The summed E-state index contributed by atoms with van der Waals surface area (Å²) >= 11 is 3.22. The van der Waals surface area contributed by atoms with Crippen molar-refractivity contribution < 1.29 is 4.39 Å². The number of nitrogens with two attached hydrogens (primary N) is 1. The summed E-state index contributed by atoms with van der Waals surface area (Å²) in [5, 5.41) is 0. The summed E-state index contributed by atoms with van der Waals surface area (Å²) in [6.45, 7) is 0. The SMILES string of the molecule is NC1(Cc2ccc(Br)cc2F)CC1. The van der Waals surface area contributed by atoms with Crippen LogP contribution in [0.25, 0.3) is 0 Å². The maximum absolute atomic E-state index is 13.3. The number of halogens is 2. The largest absolute Gasteiger partial charge is 0.325 e. The molecule has 0 amide bonds. The van der Waals surface area contributed by atoms with E-state index in [9.17, 15) is 4.39 Å². The molecule has 0 spiro atoms. The predicted octanol–water partition coefficient (Wildman–Crippen LogP) is 2.62. The topological polar surface area (TPSA) is 26.0 Å². The third-order valence-electron chi connectivity index (χ3n) is 2.45. The lowest BCUT2D eigenvalue weighted by Crippen LogP contribution is -2.24. The second-order valence-electron chi connectivity index (χ2n) is 3.77. The van der Waals surface area contributed by atoms with Crippen LogP contribution in [0, 0.1) is 5.82 Å². The van der Waals surface area contributed by atoms with Gasteiger partial charge in [-0.15, -0.1) is 0 Å². The molecular formula is C10H11BrFN. The Bertz CT molecular complexity index is 334. The maximum Gasteiger partial charge on any atom is 0.127 e. The van der Waals surface area contributed by atoms with Crippen LogP contribution in [0.1, 0.15) is 18.4 Å². The van der Waals surface area contributed by atoms with E-state index in [0.717, 1.165) is 22.9 Å². The van der Waals surface area contributed by atoms with Crippen LogP contribution in [-0.4, -0.2) is 5.54 Å².